The highest BCUT2D eigenvalue weighted by molar-refractivity contribution is 9.10. The summed E-state index contributed by atoms with van der Waals surface area (Å²) in [6.45, 7) is 1.90. The number of nitrogens with one attached hydrogen (secondary N) is 2. The number of anilines is 2. The van der Waals surface area contributed by atoms with Crippen molar-refractivity contribution in [1.29, 1.82) is 0 Å². The molecule has 2 N–H and O–H groups in total. The summed E-state index contributed by atoms with van der Waals surface area (Å²) in [5, 5.41) is 2.76. The van der Waals surface area contributed by atoms with E-state index >= 15 is 0 Å². The summed E-state index contributed by atoms with van der Waals surface area (Å²) in [6, 6.07) is 16.3. The van der Waals surface area contributed by atoms with Gasteiger partial charge in [0, 0.05) is 15.7 Å². The molecule has 0 bridgehead atoms. The first-order valence-corrected chi connectivity index (χ1v) is 10.5. The van der Waals surface area contributed by atoms with Crippen LogP contribution in [0.3, 0.4) is 0 Å². The summed E-state index contributed by atoms with van der Waals surface area (Å²) >= 11 is 3.40. The fourth-order valence-corrected chi connectivity index (χ4v) is 3.77. The van der Waals surface area contributed by atoms with E-state index in [0.29, 0.717) is 11.3 Å². The van der Waals surface area contributed by atoms with Crippen molar-refractivity contribution in [1.82, 2.24) is 0 Å². The van der Waals surface area contributed by atoms with Gasteiger partial charge < -0.3 is 5.32 Å². The number of hydrogen-bond acceptors (Lipinski definition) is 3. The number of hydrogen-bond donors (Lipinski definition) is 2. The molecule has 0 saturated carbocycles. The second-order valence-electron chi connectivity index (χ2n) is 6.03. The predicted octanol–water partition coefficient (Wildman–Crippen LogP) is 4.95. The number of carbonyl (C=O) groups excluding carboxylic acids is 1. The Labute approximate surface area is 170 Å². The smallest absolute Gasteiger partial charge is 0.261 e. The molecule has 3 aromatic rings. The van der Waals surface area contributed by atoms with Crippen molar-refractivity contribution in [2.45, 2.75) is 11.8 Å². The van der Waals surface area contributed by atoms with Crippen molar-refractivity contribution < 1.29 is 17.6 Å². The number of halogens is 2. The van der Waals surface area contributed by atoms with Crippen LogP contribution in [0.15, 0.2) is 76.1 Å². The summed E-state index contributed by atoms with van der Waals surface area (Å²) in [5.41, 5.74) is 1.75. The van der Waals surface area contributed by atoms with Gasteiger partial charge in [0.1, 0.15) is 5.82 Å². The van der Waals surface area contributed by atoms with Crippen LogP contribution in [0.4, 0.5) is 15.8 Å². The third-order valence-electron chi connectivity index (χ3n) is 3.96. The topological polar surface area (TPSA) is 75.3 Å². The zero-order valence-corrected chi connectivity index (χ0v) is 17.1. The number of aryl methyl sites for hydroxylation is 1. The van der Waals surface area contributed by atoms with Gasteiger partial charge in [0.25, 0.3) is 15.9 Å². The van der Waals surface area contributed by atoms with Gasteiger partial charge in [-0.05, 0) is 67.1 Å². The van der Waals surface area contributed by atoms with Crippen LogP contribution in [0.25, 0.3) is 0 Å². The van der Waals surface area contributed by atoms with Crippen LogP contribution in [0.5, 0.6) is 0 Å². The molecule has 3 aromatic carbocycles. The van der Waals surface area contributed by atoms with E-state index in [1.807, 2.05) is 19.1 Å². The first kappa shape index (κ1) is 20.0. The van der Waals surface area contributed by atoms with Gasteiger partial charge in [0.15, 0.2) is 0 Å². The number of carbonyl (C=O) groups is 1. The van der Waals surface area contributed by atoms with Gasteiger partial charge in [-0.15, -0.1) is 0 Å². The molecule has 3 rings (SSSR count). The van der Waals surface area contributed by atoms with Crippen molar-refractivity contribution in [2.75, 3.05) is 10.0 Å². The monoisotopic (exact) mass is 462 g/mol. The molecule has 0 heterocycles. The summed E-state index contributed by atoms with van der Waals surface area (Å²) in [6.07, 6.45) is 0. The molecule has 0 unspecified atom stereocenters. The molecule has 28 heavy (non-hydrogen) atoms. The molecule has 1 amide bonds. The van der Waals surface area contributed by atoms with Gasteiger partial charge in [0.2, 0.25) is 0 Å². The minimum atomic E-state index is -3.97. The molecule has 0 fully saturated rings. The fraction of sp³-hybridized carbons (Fsp3) is 0.0500. The van der Waals surface area contributed by atoms with Crippen molar-refractivity contribution in [2.24, 2.45) is 0 Å². The molecule has 0 saturated heterocycles. The Morgan fingerprint density at radius 2 is 1.68 bits per heavy atom. The summed E-state index contributed by atoms with van der Waals surface area (Å²) in [7, 11) is -3.97. The number of amides is 1. The molecule has 0 aliphatic rings. The zero-order valence-electron chi connectivity index (χ0n) is 14.7. The lowest BCUT2D eigenvalue weighted by Crippen LogP contribution is -2.15. The second kappa shape index (κ2) is 8.12. The molecule has 0 aromatic heterocycles. The average Bonchev–Trinajstić information content (AvgIpc) is 2.66. The maximum atomic E-state index is 13.7. The molecular formula is C20H16BrFN2O3S. The highest BCUT2D eigenvalue weighted by atomic mass is 79.9. The third-order valence-corrected chi connectivity index (χ3v) is 6.23. The van der Waals surface area contributed by atoms with E-state index in [0.717, 1.165) is 16.1 Å². The number of rotatable bonds is 5. The van der Waals surface area contributed by atoms with E-state index in [1.165, 1.54) is 42.5 Å². The third kappa shape index (κ3) is 4.58. The van der Waals surface area contributed by atoms with Crippen LogP contribution >= 0.6 is 15.9 Å². The lowest BCUT2D eigenvalue weighted by Gasteiger charge is -2.10. The van der Waals surface area contributed by atoms with Crippen molar-refractivity contribution >= 4 is 43.2 Å². The highest BCUT2D eigenvalue weighted by Crippen LogP contribution is 2.22. The Hall–Kier alpha value is -2.71. The highest BCUT2D eigenvalue weighted by Gasteiger charge is 2.17. The Bertz CT molecular complexity index is 1130. The Morgan fingerprint density at radius 1 is 1.00 bits per heavy atom. The first-order valence-electron chi connectivity index (χ1n) is 8.21. The van der Waals surface area contributed by atoms with E-state index in [1.54, 1.807) is 6.07 Å². The second-order valence-corrected chi connectivity index (χ2v) is 8.56. The van der Waals surface area contributed by atoms with E-state index < -0.39 is 15.8 Å². The van der Waals surface area contributed by atoms with Crippen molar-refractivity contribution in [3.05, 3.63) is 88.1 Å². The van der Waals surface area contributed by atoms with Gasteiger partial charge in [-0.3, -0.25) is 9.52 Å². The normalized spacial score (nSPS) is 11.1. The van der Waals surface area contributed by atoms with Gasteiger partial charge in [-0.25, -0.2) is 12.8 Å². The minimum Gasteiger partial charge on any atom is -0.322 e. The van der Waals surface area contributed by atoms with Crippen LogP contribution in [-0.4, -0.2) is 14.3 Å². The first-order chi connectivity index (χ1) is 13.3. The van der Waals surface area contributed by atoms with E-state index in [9.17, 15) is 17.6 Å². The Kier molecular flexibility index (Phi) is 5.81. The largest absolute Gasteiger partial charge is 0.322 e. The average molecular weight is 463 g/mol. The molecule has 8 heteroatoms. The van der Waals surface area contributed by atoms with Crippen LogP contribution in [-0.2, 0) is 10.0 Å². The molecule has 0 radical (unpaired) electrons. The lowest BCUT2D eigenvalue weighted by molar-refractivity contribution is 0.102. The SMILES string of the molecule is Cc1cc(NC(=O)c2ccc(S(=O)(=O)Nc3ccccc3F)cc2)ccc1Br. The van der Waals surface area contributed by atoms with Crippen molar-refractivity contribution in [3.63, 3.8) is 0 Å². The zero-order chi connectivity index (χ0) is 20.3. The fourth-order valence-electron chi connectivity index (χ4n) is 2.46. The molecule has 0 aliphatic carbocycles. The predicted molar refractivity (Wildman–Crippen MR) is 110 cm³/mol. The van der Waals surface area contributed by atoms with E-state index in [-0.39, 0.29) is 16.5 Å². The molecule has 5 nitrogen and oxygen atoms in total. The molecule has 0 spiro atoms. The van der Waals surface area contributed by atoms with Crippen LogP contribution < -0.4 is 10.0 Å². The molecular weight excluding hydrogens is 447 g/mol. The van der Waals surface area contributed by atoms with E-state index in [2.05, 4.69) is 26.0 Å². The standard InChI is InChI=1S/C20H16BrFN2O3S/c1-13-12-15(8-11-17(13)21)23-20(25)14-6-9-16(10-7-14)28(26,27)24-19-5-3-2-4-18(19)22/h2-12,24H,1H3,(H,23,25). The summed E-state index contributed by atoms with van der Waals surface area (Å²) in [4.78, 5) is 12.3. The Morgan fingerprint density at radius 3 is 2.32 bits per heavy atom. The number of benzene rings is 3. The summed E-state index contributed by atoms with van der Waals surface area (Å²) < 4.78 is 41.6. The van der Waals surface area contributed by atoms with Gasteiger partial charge in [-0.2, -0.15) is 0 Å². The van der Waals surface area contributed by atoms with E-state index in [4.69, 9.17) is 0 Å². The van der Waals surface area contributed by atoms with Gasteiger partial charge in [-0.1, -0.05) is 28.1 Å². The minimum absolute atomic E-state index is 0.0770. The van der Waals surface area contributed by atoms with Gasteiger partial charge in [0.05, 0.1) is 10.6 Å². The van der Waals surface area contributed by atoms with Crippen molar-refractivity contribution in [3.8, 4) is 0 Å². The lowest BCUT2D eigenvalue weighted by atomic mass is 10.2. The maximum Gasteiger partial charge on any atom is 0.261 e. The van der Waals surface area contributed by atoms with Crippen LogP contribution in [0, 0.1) is 12.7 Å². The maximum absolute atomic E-state index is 13.7. The van der Waals surface area contributed by atoms with Crippen LogP contribution in [0.2, 0.25) is 0 Å². The number of para-hydroxylation sites is 1. The molecule has 0 aliphatic heterocycles. The Balaban J connectivity index is 1.76. The summed E-state index contributed by atoms with van der Waals surface area (Å²) in [5.74, 6) is -1.04. The quantitative estimate of drug-likeness (QED) is 0.563. The van der Waals surface area contributed by atoms with Crippen LogP contribution in [0.1, 0.15) is 15.9 Å². The molecule has 0 atom stereocenters. The van der Waals surface area contributed by atoms with Gasteiger partial charge >= 0.3 is 0 Å². The number of sulfonamides is 1. The molecule has 144 valence electrons.